The molecule has 264 valence electrons. The van der Waals surface area contributed by atoms with Crippen molar-refractivity contribution in [1.82, 2.24) is 19.8 Å². The van der Waals surface area contributed by atoms with Crippen molar-refractivity contribution in [2.75, 3.05) is 0 Å². The molecule has 0 spiro atoms. The normalized spacial score (nSPS) is 23.2. The molecule has 0 bridgehead atoms. The molecule has 0 saturated carbocycles. The smallest absolute Gasteiger partial charge is 0.0667 e. The summed E-state index contributed by atoms with van der Waals surface area (Å²) < 4.78 is 5.00. The number of piperazine rings is 1. The van der Waals surface area contributed by atoms with Crippen LogP contribution in [0.4, 0.5) is 0 Å². The van der Waals surface area contributed by atoms with Gasteiger partial charge in [0.15, 0.2) is 0 Å². The second kappa shape index (κ2) is 12.9. The standard InChI is InChI=1S/C50H44N4/c1-4-15-33(16-5-1)49-50(34-17-6-2-7-18-34)52-44-30-36(27-28-43(44)51-49)35-19-14-22-38(29-35)54-46-26-13-11-24-40(46)42-31-41-39-23-10-12-25-45(39)53(47(41)32-48(42)54)37-20-8-3-9-21-37/h2-4,6-11,13-17,19-24,26-29,31-32,34,44,49-52H,1,5,12,18,25,30H2. The third-order valence-electron chi connectivity index (χ3n) is 12.4. The Hall–Kier alpha value is -5.84. The molecule has 0 amide bonds. The van der Waals surface area contributed by atoms with Crippen LogP contribution in [0.15, 0.2) is 163 Å². The highest BCUT2D eigenvalue weighted by Gasteiger charge is 2.39. The molecule has 11 rings (SSSR count). The summed E-state index contributed by atoms with van der Waals surface area (Å²) in [6.45, 7) is 0. The van der Waals surface area contributed by atoms with Gasteiger partial charge in [-0.05, 0) is 110 Å². The summed E-state index contributed by atoms with van der Waals surface area (Å²) >= 11 is 0. The molecule has 4 nitrogen and oxygen atoms in total. The Morgan fingerprint density at radius 1 is 0.648 bits per heavy atom. The summed E-state index contributed by atoms with van der Waals surface area (Å²) in [5.74, 6) is 0.453. The zero-order valence-corrected chi connectivity index (χ0v) is 30.5. The minimum atomic E-state index is 0.245. The van der Waals surface area contributed by atoms with Crippen LogP contribution < -0.4 is 10.6 Å². The lowest BCUT2D eigenvalue weighted by Crippen LogP contribution is -2.62. The van der Waals surface area contributed by atoms with Crippen LogP contribution in [0.3, 0.4) is 0 Å². The van der Waals surface area contributed by atoms with Crippen molar-refractivity contribution in [3.63, 3.8) is 0 Å². The van der Waals surface area contributed by atoms with Gasteiger partial charge in [0.2, 0.25) is 0 Å². The topological polar surface area (TPSA) is 33.9 Å². The Bertz CT molecular complexity index is 2690. The second-order valence-electron chi connectivity index (χ2n) is 15.5. The van der Waals surface area contributed by atoms with Gasteiger partial charge in [0.05, 0.1) is 28.6 Å². The van der Waals surface area contributed by atoms with E-state index in [-0.39, 0.29) is 12.1 Å². The minimum absolute atomic E-state index is 0.245. The quantitative estimate of drug-likeness (QED) is 0.188. The predicted molar refractivity (Wildman–Crippen MR) is 226 cm³/mol. The Labute approximate surface area is 316 Å². The largest absolute Gasteiger partial charge is 0.379 e. The van der Waals surface area contributed by atoms with Gasteiger partial charge in [-0.2, -0.15) is 0 Å². The number of rotatable bonds is 5. The third kappa shape index (κ3) is 5.15. The molecule has 4 aromatic carbocycles. The number of nitrogens with one attached hydrogen (secondary N) is 2. The molecule has 3 heterocycles. The molecule has 4 heteroatoms. The number of fused-ring (bicyclic) bond motifs is 7. The molecule has 1 saturated heterocycles. The molecular formula is C50H44N4. The van der Waals surface area contributed by atoms with Crippen LogP contribution in [-0.2, 0) is 6.42 Å². The average Bonchev–Trinajstić information content (AvgIpc) is 3.75. The Morgan fingerprint density at radius 2 is 1.52 bits per heavy atom. The molecule has 4 aliphatic carbocycles. The van der Waals surface area contributed by atoms with Crippen molar-refractivity contribution in [1.29, 1.82) is 0 Å². The molecule has 1 fully saturated rings. The van der Waals surface area contributed by atoms with Gasteiger partial charge in [0.1, 0.15) is 0 Å². The van der Waals surface area contributed by atoms with E-state index in [1.54, 1.807) is 0 Å². The lowest BCUT2D eigenvalue weighted by Gasteiger charge is -2.45. The number of allylic oxidation sites excluding steroid dienone is 8. The number of hydrogen-bond donors (Lipinski definition) is 2. The highest BCUT2D eigenvalue weighted by Crippen LogP contribution is 2.41. The Balaban J connectivity index is 1.01. The van der Waals surface area contributed by atoms with Crippen molar-refractivity contribution < 1.29 is 0 Å². The number of hydrogen-bond acceptors (Lipinski definition) is 2. The molecule has 2 N–H and O–H groups in total. The van der Waals surface area contributed by atoms with E-state index < -0.39 is 0 Å². The lowest BCUT2D eigenvalue weighted by molar-refractivity contribution is 0.279. The summed E-state index contributed by atoms with van der Waals surface area (Å²) in [7, 11) is 0. The number of benzene rings is 4. The minimum Gasteiger partial charge on any atom is -0.379 e. The van der Waals surface area contributed by atoms with E-state index in [2.05, 4.69) is 178 Å². The van der Waals surface area contributed by atoms with E-state index in [1.807, 2.05) is 0 Å². The van der Waals surface area contributed by atoms with Gasteiger partial charge in [0, 0.05) is 50.5 Å². The third-order valence-corrected chi connectivity index (χ3v) is 12.4. The van der Waals surface area contributed by atoms with Gasteiger partial charge in [-0.3, -0.25) is 0 Å². The SMILES string of the molecule is C1=CCC(C2NC3CC(c4cccc(-n5c6ccccc6c6cc7c8c(n(-c9ccccc9)c7cc65)CCC=C8)c4)=CC=C3NC2C2=CCCC=C2)C=C1. The fourth-order valence-corrected chi connectivity index (χ4v) is 9.88. The average molecular weight is 701 g/mol. The second-order valence-corrected chi connectivity index (χ2v) is 15.5. The fourth-order valence-electron chi connectivity index (χ4n) is 9.88. The van der Waals surface area contributed by atoms with Crippen molar-refractivity contribution in [2.45, 2.75) is 56.7 Å². The van der Waals surface area contributed by atoms with Crippen molar-refractivity contribution in [3.05, 3.63) is 180 Å². The van der Waals surface area contributed by atoms with E-state index in [4.69, 9.17) is 0 Å². The van der Waals surface area contributed by atoms with Gasteiger partial charge >= 0.3 is 0 Å². The summed E-state index contributed by atoms with van der Waals surface area (Å²) in [4.78, 5) is 0. The molecule has 54 heavy (non-hydrogen) atoms. The van der Waals surface area contributed by atoms with Gasteiger partial charge in [-0.1, -0.05) is 109 Å². The molecule has 1 aliphatic heterocycles. The maximum absolute atomic E-state index is 4.18. The molecule has 0 radical (unpaired) electrons. The van der Waals surface area contributed by atoms with E-state index in [9.17, 15) is 0 Å². The van der Waals surface area contributed by atoms with Crippen LogP contribution in [0, 0.1) is 5.92 Å². The monoisotopic (exact) mass is 700 g/mol. The van der Waals surface area contributed by atoms with Crippen LogP contribution in [0.2, 0.25) is 0 Å². The molecule has 6 aromatic rings. The first kappa shape index (κ1) is 31.7. The highest BCUT2D eigenvalue weighted by molar-refractivity contribution is 6.14. The van der Waals surface area contributed by atoms with Crippen LogP contribution in [0.5, 0.6) is 0 Å². The number of aromatic nitrogens is 2. The van der Waals surface area contributed by atoms with Gasteiger partial charge in [0.25, 0.3) is 0 Å². The van der Waals surface area contributed by atoms with Crippen LogP contribution in [-0.4, -0.2) is 27.3 Å². The zero-order chi connectivity index (χ0) is 35.6. The Kier molecular flexibility index (Phi) is 7.58. The first-order valence-electron chi connectivity index (χ1n) is 19.8. The molecule has 4 unspecified atom stereocenters. The predicted octanol–water partition coefficient (Wildman–Crippen LogP) is 11.1. The van der Waals surface area contributed by atoms with Gasteiger partial charge in [-0.25, -0.2) is 0 Å². The first-order valence-corrected chi connectivity index (χ1v) is 19.8. The van der Waals surface area contributed by atoms with Crippen LogP contribution >= 0.6 is 0 Å². The fraction of sp³-hybridized carbons (Fsp3) is 0.200. The first-order chi connectivity index (χ1) is 26.8. The maximum Gasteiger partial charge on any atom is 0.0667 e. The summed E-state index contributed by atoms with van der Waals surface area (Å²) in [5.41, 5.74) is 14.3. The Morgan fingerprint density at radius 3 is 2.41 bits per heavy atom. The molecule has 5 aliphatic rings. The summed E-state index contributed by atoms with van der Waals surface area (Å²) in [6, 6.07) is 34.8. The van der Waals surface area contributed by atoms with Crippen LogP contribution in [0.1, 0.15) is 48.9 Å². The molecule has 4 atom stereocenters. The maximum atomic E-state index is 4.18. The lowest BCUT2D eigenvalue weighted by atomic mass is 9.79. The number of para-hydroxylation sites is 2. The highest BCUT2D eigenvalue weighted by atomic mass is 15.1. The van der Waals surface area contributed by atoms with Crippen LogP contribution in [0.25, 0.3) is 55.7 Å². The summed E-state index contributed by atoms with van der Waals surface area (Å²) in [6.07, 6.45) is 32.0. The van der Waals surface area contributed by atoms with E-state index in [0.29, 0.717) is 12.0 Å². The summed E-state index contributed by atoms with van der Waals surface area (Å²) in [5, 5.41) is 12.1. The van der Waals surface area contributed by atoms with Crippen molar-refractivity contribution in [3.8, 4) is 11.4 Å². The number of nitrogens with zero attached hydrogens (tertiary/aromatic N) is 2. The van der Waals surface area contributed by atoms with E-state index in [1.165, 1.54) is 77.7 Å². The van der Waals surface area contributed by atoms with E-state index in [0.717, 1.165) is 38.5 Å². The van der Waals surface area contributed by atoms with Crippen molar-refractivity contribution >= 4 is 44.4 Å². The van der Waals surface area contributed by atoms with Gasteiger partial charge < -0.3 is 19.8 Å². The molecular weight excluding hydrogens is 657 g/mol. The van der Waals surface area contributed by atoms with E-state index >= 15 is 0 Å². The van der Waals surface area contributed by atoms with Crippen molar-refractivity contribution in [2.24, 2.45) is 5.92 Å². The van der Waals surface area contributed by atoms with Gasteiger partial charge in [-0.15, -0.1) is 0 Å². The molecule has 2 aromatic heterocycles. The zero-order valence-electron chi connectivity index (χ0n) is 30.5.